The van der Waals surface area contributed by atoms with Gasteiger partial charge in [-0.3, -0.25) is 9.59 Å². The van der Waals surface area contributed by atoms with Gasteiger partial charge in [0.1, 0.15) is 6.42 Å². The van der Waals surface area contributed by atoms with Crippen LogP contribution in [0.25, 0.3) is 43.1 Å². The van der Waals surface area contributed by atoms with E-state index in [1.807, 2.05) is 0 Å². The Morgan fingerprint density at radius 3 is 1.67 bits per heavy atom. The van der Waals surface area contributed by atoms with Gasteiger partial charge in [-0.1, -0.05) is 111 Å². The van der Waals surface area contributed by atoms with Crippen molar-refractivity contribution in [3.63, 3.8) is 0 Å². The molecular weight excluding hydrogens is 633 g/mol. The summed E-state index contributed by atoms with van der Waals surface area (Å²) in [5.74, 6) is -1.67. The van der Waals surface area contributed by atoms with E-state index < -0.39 is 22.8 Å². The highest BCUT2D eigenvalue weighted by molar-refractivity contribution is 6.19. The molecule has 2 aliphatic heterocycles. The SMILES string of the molecule is CC1(C)C(=CC=CC2=[N+](CCC(=O)O)c3c(c4ccccc4c4ccccc34)C2(C)C)N(CCC(=O)O)c2c1c1ccccc1c1ccccc21. The van der Waals surface area contributed by atoms with Crippen LogP contribution in [0, 0.1) is 0 Å². The quantitative estimate of drug-likeness (QED) is 0.124. The van der Waals surface area contributed by atoms with Crippen LogP contribution in [0.5, 0.6) is 0 Å². The van der Waals surface area contributed by atoms with E-state index >= 15 is 0 Å². The number of carboxylic acid groups (broad SMARTS) is 2. The maximum Gasteiger partial charge on any atom is 0.309 e. The lowest BCUT2D eigenvalue weighted by atomic mass is 9.77. The van der Waals surface area contributed by atoms with Crippen LogP contribution >= 0.6 is 0 Å². The fraction of sp³-hybridized carbons (Fsp3) is 0.222. The molecule has 51 heavy (non-hydrogen) atoms. The van der Waals surface area contributed by atoms with E-state index in [9.17, 15) is 19.8 Å². The molecule has 0 aromatic heterocycles. The molecule has 2 N–H and O–H groups in total. The van der Waals surface area contributed by atoms with Gasteiger partial charge in [-0.15, -0.1) is 0 Å². The van der Waals surface area contributed by atoms with E-state index in [1.165, 1.54) is 32.7 Å². The van der Waals surface area contributed by atoms with Gasteiger partial charge in [0.2, 0.25) is 5.69 Å². The van der Waals surface area contributed by atoms with Gasteiger partial charge in [-0.2, -0.15) is 4.58 Å². The predicted molar refractivity (Wildman–Crippen MR) is 208 cm³/mol. The molecule has 6 aromatic carbocycles. The Balaban J connectivity index is 1.34. The van der Waals surface area contributed by atoms with Crippen LogP contribution in [-0.2, 0) is 20.4 Å². The lowest BCUT2D eigenvalue weighted by molar-refractivity contribution is -0.435. The smallest absolute Gasteiger partial charge is 0.309 e. The molecule has 0 fully saturated rings. The highest BCUT2D eigenvalue weighted by Crippen LogP contribution is 2.54. The van der Waals surface area contributed by atoms with Crippen LogP contribution in [0.1, 0.15) is 51.7 Å². The summed E-state index contributed by atoms with van der Waals surface area (Å²) in [6.07, 6.45) is 6.37. The van der Waals surface area contributed by atoms with Crippen LogP contribution in [0.4, 0.5) is 11.4 Å². The maximum atomic E-state index is 12.0. The first-order valence-electron chi connectivity index (χ1n) is 17.6. The second-order valence-corrected chi connectivity index (χ2v) is 14.8. The largest absolute Gasteiger partial charge is 0.481 e. The molecule has 2 heterocycles. The monoisotopic (exact) mass is 673 g/mol. The van der Waals surface area contributed by atoms with Crippen molar-refractivity contribution in [2.45, 2.75) is 51.4 Å². The van der Waals surface area contributed by atoms with Crippen molar-refractivity contribution >= 4 is 72.1 Å². The zero-order valence-corrected chi connectivity index (χ0v) is 29.4. The van der Waals surface area contributed by atoms with E-state index in [0.29, 0.717) is 13.1 Å². The molecule has 0 unspecified atom stereocenters. The second-order valence-electron chi connectivity index (χ2n) is 14.8. The Bertz CT molecular complexity index is 2550. The summed E-state index contributed by atoms with van der Waals surface area (Å²) in [4.78, 5) is 26.2. The summed E-state index contributed by atoms with van der Waals surface area (Å²) in [6.45, 7) is 9.59. The maximum absolute atomic E-state index is 12.0. The van der Waals surface area contributed by atoms with Gasteiger partial charge in [0.15, 0.2) is 12.3 Å². The normalized spacial score (nSPS) is 17.0. The number of aliphatic carboxylic acids is 2. The molecule has 0 radical (unpaired) electrons. The van der Waals surface area contributed by atoms with Gasteiger partial charge in [-0.05, 0) is 63.9 Å². The van der Waals surface area contributed by atoms with E-state index in [2.05, 4.69) is 152 Å². The average Bonchev–Trinajstić information content (AvgIpc) is 3.49. The standard InChI is InChI=1S/C45H40N2O4/c1-44(2)36(46(26-24-38(48)49)42-34-20-11-7-16-30(34)28-14-5-9-18-32(28)40(42)44)22-13-23-37-45(3,4)41-33-19-10-6-15-29(33)31-17-8-12-21-35(31)43(41)47(37)27-25-39(50)51/h5-23H,24-27H2,1-4H3,(H-,48,49,50,51)/p+1. The molecule has 2 aliphatic rings. The van der Waals surface area contributed by atoms with Gasteiger partial charge in [0.05, 0.1) is 22.9 Å². The average molecular weight is 674 g/mol. The Kier molecular flexibility index (Phi) is 7.60. The summed E-state index contributed by atoms with van der Waals surface area (Å²) in [5.41, 5.74) is 5.71. The summed E-state index contributed by atoms with van der Waals surface area (Å²) in [6, 6.07) is 33.8. The number of allylic oxidation sites excluding steroid dienone is 4. The Morgan fingerprint density at radius 1 is 0.627 bits per heavy atom. The van der Waals surface area contributed by atoms with Crippen LogP contribution in [0.3, 0.4) is 0 Å². The molecular formula is C45H41N2O4+. The molecule has 254 valence electrons. The van der Waals surface area contributed by atoms with Crippen LogP contribution in [0.2, 0.25) is 0 Å². The molecule has 6 heteroatoms. The van der Waals surface area contributed by atoms with Crippen LogP contribution < -0.4 is 4.90 Å². The van der Waals surface area contributed by atoms with E-state index in [0.717, 1.165) is 44.3 Å². The summed E-state index contributed by atoms with van der Waals surface area (Å²) >= 11 is 0. The number of carboxylic acids is 2. The highest BCUT2D eigenvalue weighted by atomic mass is 16.4. The third-order valence-corrected chi connectivity index (χ3v) is 11.1. The van der Waals surface area contributed by atoms with E-state index in [1.54, 1.807) is 0 Å². The second kappa shape index (κ2) is 11.9. The molecule has 0 amide bonds. The molecule has 0 atom stereocenters. The molecule has 0 saturated carbocycles. The number of rotatable bonds is 8. The molecule has 6 nitrogen and oxygen atoms in total. The van der Waals surface area contributed by atoms with Crippen molar-refractivity contribution in [2.24, 2.45) is 0 Å². The van der Waals surface area contributed by atoms with Crippen molar-refractivity contribution in [2.75, 3.05) is 18.0 Å². The number of nitrogens with zero attached hydrogens (tertiary/aromatic N) is 2. The fourth-order valence-corrected chi connectivity index (χ4v) is 8.95. The van der Waals surface area contributed by atoms with Crippen LogP contribution in [0.15, 0.2) is 121 Å². The number of fused-ring (bicyclic) bond motifs is 12. The third kappa shape index (κ3) is 4.96. The zero-order chi connectivity index (χ0) is 35.7. The molecule has 0 saturated heterocycles. The van der Waals surface area contributed by atoms with Gasteiger partial charge in [0, 0.05) is 34.7 Å². The molecule has 0 spiro atoms. The third-order valence-electron chi connectivity index (χ3n) is 11.1. The minimum Gasteiger partial charge on any atom is -0.481 e. The Labute approximate surface area is 297 Å². The van der Waals surface area contributed by atoms with Crippen molar-refractivity contribution in [1.29, 1.82) is 0 Å². The minimum atomic E-state index is -0.837. The molecule has 0 bridgehead atoms. The number of hydrogen-bond donors (Lipinski definition) is 2. The summed E-state index contributed by atoms with van der Waals surface area (Å²) in [5, 5.41) is 28.9. The van der Waals surface area contributed by atoms with Crippen molar-refractivity contribution in [1.82, 2.24) is 0 Å². The summed E-state index contributed by atoms with van der Waals surface area (Å²) in [7, 11) is 0. The topological polar surface area (TPSA) is 80.9 Å². The Hall–Kier alpha value is -5.75. The lowest BCUT2D eigenvalue weighted by Crippen LogP contribution is -2.29. The molecule has 6 aromatic rings. The summed E-state index contributed by atoms with van der Waals surface area (Å²) < 4.78 is 2.21. The van der Waals surface area contributed by atoms with Crippen LogP contribution in [-0.4, -0.2) is 45.5 Å². The lowest BCUT2D eigenvalue weighted by Gasteiger charge is -2.27. The van der Waals surface area contributed by atoms with E-state index in [-0.39, 0.29) is 12.8 Å². The highest BCUT2D eigenvalue weighted by Gasteiger charge is 2.47. The van der Waals surface area contributed by atoms with Crippen molar-refractivity contribution in [3.8, 4) is 0 Å². The molecule has 8 rings (SSSR count). The zero-order valence-electron chi connectivity index (χ0n) is 29.4. The first-order valence-corrected chi connectivity index (χ1v) is 17.6. The van der Waals surface area contributed by atoms with Gasteiger partial charge in [0.25, 0.3) is 0 Å². The fourth-order valence-electron chi connectivity index (χ4n) is 8.95. The minimum absolute atomic E-state index is 0.000554. The number of carbonyl (C=O) groups is 2. The molecule has 0 aliphatic carbocycles. The first-order chi connectivity index (χ1) is 24.5. The van der Waals surface area contributed by atoms with Gasteiger partial charge in [-0.25, -0.2) is 0 Å². The number of hydrogen-bond acceptors (Lipinski definition) is 3. The van der Waals surface area contributed by atoms with Crippen molar-refractivity contribution < 1.29 is 24.4 Å². The van der Waals surface area contributed by atoms with Gasteiger partial charge < -0.3 is 15.1 Å². The number of anilines is 1. The first kappa shape index (κ1) is 32.5. The Morgan fingerprint density at radius 2 is 1.10 bits per heavy atom. The van der Waals surface area contributed by atoms with E-state index in [4.69, 9.17) is 0 Å². The predicted octanol–water partition coefficient (Wildman–Crippen LogP) is 9.86. The number of benzene rings is 6. The van der Waals surface area contributed by atoms with Crippen molar-refractivity contribution in [3.05, 3.63) is 132 Å². The van der Waals surface area contributed by atoms with Gasteiger partial charge >= 0.3 is 11.9 Å².